The van der Waals surface area contributed by atoms with Crippen molar-refractivity contribution in [1.82, 2.24) is 10.2 Å². The average Bonchev–Trinajstić information content (AvgIpc) is 2.99. The number of carbonyl (C=O) groups excluding carboxylic acids is 4. The molecule has 0 saturated heterocycles. The summed E-state index contributed by atoms with van der Waals surface area (Å²) in [5, 5.41) is 2.13. The van der Waals surface area contributed by atoms with Crippen LogP contribution in [0.4, 0.5) is 16.2 Å². The minimum Gasteiger partial charge on any atom is -0.466 e. The smallest absolute Gasteiger partial charge is 0.407 e. The summed E-state index contributed by atoms with van der Waals surface area (Å²) in [5.41, 5.74) is 1.23. The fourth-order valence-electron chi connectivity index (χ4n) is 4.06. The van der Waals surface area contributed by atoms with Crippen molar-refractivity contribution >= 4 is 47.9 Å². The molecule has 2 aromatic rings. The van der Waals surface area contributed by atoms with Gasteiger partial charge in [0.25, 0.3) is 11.8 Å². The van der Waals surface area contributed by atoms with E-state index in [1.807, 2.05) is 18.2 Å². The van der Waals surface area contributed by atoms with Gasteiger partial charge in [0, 0.05) is 23.8 Å². The van der Waals surface area contributed by atoms with Gasteiger partial charge in [-0.05, 0) is 65.0 Å². The molecule has 2 atom stereocenters. The van der Waals surface area contributed by atoms with Crippen molar-refractivity contribution in [2.24, 2.45) is 0 Å². The van der Waals surface area contributed by atoms with E-state index in [4.69, 9.17) is 9.47 Å². The number of rotatable bonds is 7. The van der Waals surface area contributed by atoms with Gasteiger partial charge in [-0.1, -0.05) is 30.0 Å². The molecule has 0 aromatic heterocycles. The van der Waals surface area contributed by atoms with E-state index in [0.29, 0.717) is 16.9 Å². The second-order valence-electron chi connectivity index (χ2n) is 10.3. The number of anilines is 2. The zero-order valence-corrected chi connectivity index (χ0v) is 24.3. The van der Waals surface area contributed by atoms with Crippen LogP contribution in [0.15, 0.2) is 48.5 Å². The third-order valence-corrected chi connectivity index (χ3v) is 6.13. The fourth-order valence-corrected chi connectivity index (χ4v) is 4.21. The lowest BCUT2D eigenvalue weighted by molar-refractivity contribution is -0.144. The summed E-state index contributed by atoms with van der Waals surface area (Å²) < 4.78 is 10.3. The number of hydrogen-bond acceptors (Lipinski definition) is 7. The predicted molar refractivity (Wildman–Crippen MR) is 156 cm³/mol. The molecule has 1 aliphatic rings. The Morgan fingerprint density at radius 3 is 2.48 bits per heavy atom. The first-order chi connectivity index (χ1) is 18.9. The number of amides is 3. The number of alkyl carbamates (subject to hydrolysis) is 1. The third kappa shape index (κ3) is 8.26. The maximum Gasteiger partial charge on any atom is 0.407 e. The molecular weight excluding hydrogens is 530 g/mol. The van der Waals surface area contributed by atoms with Crippen molar-refractivity contribution < 1.29 is 28.7 Å². The number of para-hydroxylation sites is 1. The molecule has 3 rings (SSSR count). The van der Waals surface area contributed by atoms with Gasteiger partial charge >= 0.3 is 12.1 Å². The number of ether oxygens (including phenoxy) is 2. The molecule has 0 bridgehead atoms. The van der Waals surface area contributed by atoms with Crippen molar-refractivity contribution in [2.45, 2.75) is 57.9 Å². The standard InChI is InChI=1S/C30H35N3O6S/c1-6-38-27(35)16-20(2)32-19-26(34)33(22-10-8-7-9-11-22)25-15-13-21(17-24(25)28(32)36)12-14-23(40)18-31-29(37)39-30(3,4)5/h7-11,13,15,17,20,23,40H,6,16,18-19H2,1-5H3,(H,31,37). The van der Waals surface area contributed by atoms with Crippen LogP contribution < -0.4 is 10.2 Å². The number of nitrogens with zero attached hydrogens (tertiary/aromatic N) is 2. The van der Waals surface area contributed by atoms with E-state index < -0.39 is 34.9 Å². The highest BCUT2D eigenvalue weighted by molar-refractivity contribution is 7.81. The van der Waals surface area contributed by atoms with E-state index in [1.165, 1.54) is 9.80 Å². The molecule has 0 fully saturated rings. The van der Waals surface area contributed by atoms with Gasteiger partial charge in [-0.15, -0.1) is 0 Å². The van der Waals surface area contributed by atoms with Crippen LogP contribution in [0.5, 0.6) is 0 Å². The minimum atomic E-state index is -0.618. The predicted octanol–water partition coefficient (Wildman–Crippen LogP) is 4.32. The Kier molecular flexibility index (Phi) is 10.2. The molecule has 1 heterocycles. The zero-order chi connectivity index (χ0) is 29.4. The van der Waals surface area contributed by atoms with E-state index in [0.717, 1.165) is 0 Å². The third-order valence-electron chi connectivity index (χ3n) is 5.82. The van der Waals surface area contributed by atoms with Gasteiger partial charge in [0.2, 0.25) is 0 Å². The minimum absolute atomic E-state index is 0.0427. The number of esters is 1. The van der Waals surface area contributed by atoms with Gasteiger partial charge in [0.15, 0.2) is 0 Å². The molecule has 1 N–H and O–H groups in total. The normalized spacial score (nSPS) is 14.8. The topological polar surface area (TPSA) is 105 Å². The van der Waals surface area contributed by atoms with Crippen LogP contribution >= 0.6 is 12.6 Å². The Bertz CT molecular complexity index is 1310. The molecule has 0 radical (unpaired) electrons. The van der Waals surface area contributed by atoms with Crippen molar-refractivity contribution in [1.29, 1.82) is 0 Å². The molecule has 0 aliphatic carbocycles. The van der Waals surface area contributed by atoms with E-state index in [1.54, 1.807) is 65.0 Å². The molecule has 0 spiro atoms. The molecule has 212 valence electrons. The largest absolute Gasteiger partial charge is 0.466 e. The van der Waals surface area contributed by atoms with Crippen molar-refractivity contribution in [2.75, 3.05) is 24.6 Å². The second kappa shape index (κ2) is 13.4. The van der Waals surface area contributed by atoms with Gasteiger partial charge in [-0.2, -0.15) is 12.6 Å². The molecule has 2 aromatic carbocycles. The van der Waals surface area contributed by atoms with E-state index in [2.05, 4.69) is 29.8 Å². The van der Waals surface area contributed by atoms with Crippen LogP contribution in [0.2, 0.25) is 0 Å². The summed E-state index contributed by atoms with van der Waals surface area (Å²) >= 11 is 4.43. The Balaban J connectivity index is 1.92. The molecule has 9 nitrogen and oxygen atoms in total. The van der Waals surface area contributed by atoms with Crippen molar-refractivity contribution in [3.05, 3.63) is 59.7 Å². The summed E-state index contributed by atoms with van der Waals surface area (Å²) in [6.07, 6.45) is -0.606. The highest BCUT2D eigenvalue weighted by Gasteiger charge is 2.35. The van der Waals surface area contributed by atoms with Gasteiger partial charge in [0.05, 0.1) is 29.5 Å². The summed E-state index contributed by atoms with van der Waals surface area (Å²) in [6.45, 7) is 8.92. The van der Waals surface area contributed by atoms with Crippen LogP contribution in [0, 0.1) is 11.8 Å². The molecule has 0 saturated carbocycles. The van der Waals surface area contributed by atoms with Gasteiger partial charge < -0.3 is 19.7 Å². The summed E-state index contributed by atoms with van der Waals surface area (Å²) in [6, 6.07) is 13.5. The van der Waals surface area contributed by atoms with E-state index in [9.17, 15) is 19.2 Å². The van der Waals surface area contributed by atoms with E-state index in [-0.39, 0.29) is 37.6 Å². The maximum absolute atomic E-state index is 13.8. The van der Waals surface area contributed by atoms with Crippen molar-refractivity contribution in [3.63, 3.8) is 0 Å². The van der Waals surface area contributed by atoms with Gasteiger partial charge in [-0.25, -0.2) is 4.79 Å². The summed E-state index contributed by atoms with van der Waals surface area (Å²) in [5.74, 6) is 4.81. The van der Waals surface area contributed by atoms with Crippen molar-refractivity contribution in [3.8, 4) is 11.8 Å². The Labute approximate surface area is 240 Å². The first kappa shape index (κ1) is 30.6. The Hall–Kier alpha value is -3.97. The SMILES string of the molecule is CCOC(=O)CC(C)N1CC(=O)N(c2ccccc2)c2ccc(C#CC(S)CNC(=O)OC(C)(C)C)cc2C1=O. The first-order valence-electron chi connectivity index (χ1n) is 13.0. The molecule has 3 amide bonds. The van der Waals surface area contributed by atoms with Crippen LogP contribution in [0.1, 0.15) is 57.0 Å². The number of benzene rings is 2. The van der Waals surface area contributed by atoms with Crippen LogP contribution in [-0.2, 0) is 19.1 Å². The number of hydrogen-bond donors (Lipinski definition) is 2. The molecule has 10 heteroatoms. The van der Waals surface area contributed by atoms with Gasteiger partial charge in [-0.3, -0.25) is 19.3 Å². The van der Waals surface area contributed by atoms with Crippen LogP contribution in [0.25, 0.3) is 0 Å². The number of carbonyl (C=O) groups is 4. The highest BCUT2D eigenvalue weighted by Crippen LogP contribution is 2.33. The number of nitrogens with one attached hydrogen (secondary N) is 1. The van der Waals surface area contributed by atoms with Crippen LogP contribution in [-0.4, -0.2) is 65.4 Å². The average molecular weight is 566 g/mol. The Morgan fingerprint density at radius 1 is 1.12 bits per heavy atom. The van der Waals surface area contributed by atoms with E-state index >= 15 is 0 Å². The quantitative estimate of drug-likeness (QED) is 0.294. The zero-order valence-electron chi connectivity index (χ0n) is 23.4. The molecular formula is C30H35N3O6S. The highest BCUT2D eigenvalue weighted by atomic mass is 32.1. The Morgan fingerprint density at radius 2 is 1.82 bits per heavy atom. The van der Waals surface area contributed by atoms with Gasteiger partial charge in [0.1, 0.15) is 12.1 Å². The molecule has 2 unspecified atom stereocenters. The monoisotopic (exact) mass is 565 g/mol. The lowest BCUT2D eigenvalue weighted by Crippen LogP contribution is -2.43. The second-order valence-corrected chi connectivity index (χ2v) is 10.9. The summed E-state index contributed by atoms with van der Waals surface area (Å²) in [4.78, 5) is 54.3. The lowest BCUT2D eigenvalue weighted by atomic mass is 10.1. The fraction of sp³-hybridized carbons (Fsp3) is 0.400. The number of fused-ring (bicyclic) bond motifs is 1. The summed E-state index contributed by atoms with van der Waals surface area (Å²) in [7, 11) is 0. The molecule has 40 heavy (non-hydrogen) atoms. The number of thiol groups is 1. The lowest BCUT2D eigenvalue weighted by Gasteiger charge is -2.27. The molecule has 1 aliphatic heterocycles. The maximum atomic E-state index is 13.8. The van der Waals surface area contributed by atoms with Crippen LogP contribution in [0.3, 0.4) is 0 Å². The first-order valence-corrected chi connectivity index (χ1v) is 13.6.